The van der Waals surface area contributed by atoms with Gasteiger partial charge in [-0.25, -0.2) is 0 Å². The summed E-state index contributed by atoms with van der Waals surface area (Å²) >= 11 is 0. The Morgan fingerprint density at radius 2 is 2.07 bits per heavy atom. The van der Waals surface area contributed by atoms with Crippen molar-refractivity contribution >= 4 is 17.5 Å². The zero-order chi connectivity index (χ0) is 18.9. The number of piperidine rings is 1. The fourth-order valence-electron chi connectivity index (χ4n) is 4.40. The Labute approximate surface area is 159 Å². The van der Waals surface area contributed by atoms with Crippen LogP contribution < -0.4 is 9.64 Å². The van der Waals surface area contributed by atoms with Crippen molar-refractivity contribution in [3.8, 4) is 5.75 Å². The number of ether oxygens (including phenoxy) is 3. The van der Waals surface area contributed by atoms with Gasteiger partial charge >= 0.3 is 0 Å². The molecule has 0 radical (unpaired) electrons. The maximum atomic E-state index is 12.9. The Morgan fingerprint density at radius 3 is 2.85 bits per heavy atom. The molecule has 0 unspecified atom stereocenters. The Hall–Kier alpha value is -2.12. The number of benzene rings is 1. The molecule has 0 aliphatic carbocycles. The molecular weight excluding hydrogens is 348 g/mol. The van der Waals surface area contributed by atoms with E-state index in [-0.39, 0.29) is 36.7 Å². The summed E-state index contributed by atoms with van der Waals surface area (Å²) in [6.45, 7) is 2.02. The average molecular weight is 374 g/mol. The lowest BCUT2D eigenvalue weighted by Gasteiger charge is -2.48. The van der Waals surface area contributed by atoms with Gasteiger partial charge in [0.1, 0.15) is 12.3 Å². The van der Waals surface area contributed by atoms with Gasteiger partial charge in [-0.15, -0.1) is 0 Å². The third-order valence-electron chi connectivity index (χ3n) is 5.94. The second-order valence-corrected chi connectivity index (χ2v) is 7.40. The van der Waals surface area contributed by atoms with Gasteiger partial charge in [0, 0.05) is 26.8 Å². The molecule has 1 atom stereocenters. The first-order valence-corrected chi connectivity index (χ1v) is 9.60. The van der Waals surface area contributed by atoms with Crippen LogP contribution in [0.2, 0.25) is 0 Å². The van der Waals surface area contributed by atoms with Gasteiger partial charge in [-0.05, 0) is 37.8 Å². The number of nitrogens with zero attached hydrogens (tertiary/aromatic N) is 2. The van der Waals surface area contributed by atoms with E-state index in [1.807, 2.05) is 29.2 Å². The van der Waals surface area contributed by atoms with E-state index in [4.69, 9.17) is 14.2 Å². The van der Waals surface area contributed by atoms with E-state index in [9.17, 15) is 9.59 Å². The van der Waals surface area contributed by atoms with E-state index in [1.54, 1.807) is 7.11 Å². The van der Waals surface area contributed by atoms with E-state index in [0.29, 0.717) is 24.5 Å². The summed E-state index contributed by atoms with van der Waals surface area (Å²) in [5, 5.41) is 0. The van der Waals surface area contributed by atoms with Crippen molar-refractivity contribution in [2.45, 2.75) is 37.4 Å². The number of amides is 2. The Balaban J connectivity index is 1.41. The largest absolute Gasteiger partial charge is 0.482 e. The molecule has 4 rings (SSSR count). The van der Waals surface area contributed by atoms with Gasteiger partial charge < -0.3 is 19.1 Å². The van der Waals surface area contributed by atoms with Crippen LogP contribution in [0.15, 0.2) is 24.3 Å². The van der Waals surface area contributed by atoms with E-state index in [1.165, 1.54) is 4.90 Å². The van der Waals surface area contributed by atoms with Gasteiger partial charge in [-0.2, -0.15) is 0 Å². The molecule has 3 aliphatic heterocycles. The quantitative estimate of drug-likeness (QED) is 0.804. The lowest BCUT2D eigenvalue weighted by Crippen LogP contribution is -2.57. The van der Waals surface area contributed by atoms with Crippen LogP contribution in [-0.2, 0) is 19.1 Å². The van der Waals surface area contributed by atoms with Gasteiger partial charge in [-0.3, -0.25) is 14.5 Å². The Morgan fingerprint density at radius 1 is 1.30 bits per heavy atom. The van der Waals surface area contributed by atoms with Gasteiger partial charge in [-0.1, -0.05) is 12.1 Å². The minimum absolute atomic E-state index is 0.0310. The zero-order valence-electron chi connectivity index (χ0n) is 15.7. The highest BCUT2D eigenvalue weighted by Crippen LogP contribution is 2.37. The fourth-order valence-corrected chi connectivity index (χ4v) is 4.40. The highest BCUT2D eigenvalue weighted by Gasteiger charge is 2.45. The van der Waals surface area contributed by atoms with Crippen LogP contribution in [0, 0.1) is 0 Å². The molecule has 1 spiro atoms. The molecule has 1 aromatic carbocycles. The summed E-state index contributed by atoms with van der Waals surface area (Å²) in [6.07, 6.45) is 3.65. The number of hydrogen-bond acceptors (Lipinski definition) is 5. The Kier molecular flexibility index (Phi) is 5.06. The zero-order valence-corrected chi connectivity index (χ0v) is 15.7. The topological polar surface area (TPSA) is 68.3 Å². The van der Waals surface area contributed by atoms with Crippen LogP contribution in [-0.4, -0.2) is 68.4 Å². The van der Waals surface area contributed by atoms with Gasteiger partial charge in [0.05, 0.1) is 17.4 Å². The second kappa shape index (κ2) is 7.48. The molecular formula is C20H26N2O5. The number of rotatable bonds is 3. The van der Waals surface area contributed by atoms with Crippen LogP contribution in [0.3, 0.4) is 0 Å². The highest BCUT2D eigenvalue weighted by molar-refractivity contribution is 6.02. The molecule has 2 saturated heterocycles. The molecule has 3 heterocycles. The third kappa shape index (κ3) is 3.41. The van der Waals surface area contributed by atoms with Crippen molar-refractivity contribution in [1.29, 1.82) is 0 Å². The van der Waals surface area contributed by atoms with E-state index >= 15 is 0 Å². The highest BCUT2D eigenvalue weighted by atomic mass is 16.5. The number of fused-ring (bicyclic) bond motifs is 1. The number of hydrogen-bond donors (Lipinski definition) is 0. The van der Waals surface area contributed by atoms with Gasteiger partial charge in [0.25, 0.3) is 5.91 Å². The molecule has 0 bridgehead atoms. The van der Waals surface area contributed by atoms with Crippen molar-refractivity contribution in [2.75, 3.05) is 44.9 Å². The minimum atomic E-state index is -0.273. The maximum Gasteiger partial charge on any atom is 0.265 e. The van der Waals surface area contributed by atoms with Crippen LogP contribution in [0.4, 0.5) is 5.69 Å². The molecule has 146 valence electrons. The predicted octanol–water partition coefficient (Wildman–Crippen LogP) is 1.60. The van der Waals surface area contributed by atoms with Gasteiger partial charge in [0.2, 0.25) is 5.91 Å². The second-order valence-electron chi connectivity index (χ2n) is 7.40. The smallest absolute Gasteiger partial charge is 0.265 e. The van der Waals surface area contributed by atoms with Gasteiger partial charge in [0.15, 0.2) is 6.61 Å². The number of para-hydroxylation sites is 2. The summed E-state index contributed by atoms with van der Waals surface area (Å²) in [5.74, 6) is 0.409. The van der Waals surface area contributed by atoms with Crippen molar-refractivity contribution in [3.05, 3.63) is 24.3 Å². The first-order chi connectivity index (χ1) is 13.1. The predicted molar refractivity (Wildman–Crippen MR) is 98.8 cm³/mol. The fraction of sp³-hybridized carbons (Fsp3) is 0.600. The molecule has 3 aliphatic rings. The molecule has 0 aromatic heterocycles. The number of likely N-dealkylation sites (tertiary alicyclic amines) is 1. The van der Waals surface area contributed by atoms with E-state index in [2.05, 4.69) is 0 Å². The molecule has 27 heavy (non-hydrogen) atoms. The summed E-state index contributed by atoms with van der Waals surface area (Å²) in [5.41, 5.74) is 0.385. The normalized spacial score (nSPS) is 24.5. The summed E-state index contributed by atoms with van der Waals surface area (Å²) in [7, 11) is 1.74. The minimum Gasteiger partial charge on any atom is -0.482 e. The lowest BCUT2D eigenvalue weighted by molar-refractivity contribution is -0.187. The van der Waals surface area contributed by atoms with Crippen molar-refractivity contribution in [3.63, 3.8) is 0 Å². The molecule has 0 saturated carbocycles. The van der Waals surface area contributed by atoms with Crippen molar-refractivity contribution in [2.24, 2.45) is 0 Å². The standard InChI is InChI=1S/C20H26N2O5/c1-25-17-7-4-12-27-20(17)8-10-21(11-9-20)18(23)13-22-15-5-2-3-6-16(15)26-14-19(22)24/h2-3,5-6,17H,4,7-14H2,1H3/t17-/m0/s1. The lowest BCUT2D eigenvalue weighted by atomic mass is 9.82. The monoisotopic (exact) mass is 374 g/mol. The number of anilines is 1. The molecule has 1 aromatic rings. The Bertz CT molecular complexity index is 714. The SMILES string of the molecule is CO[C@H]1CCCOC12CCN(C(=O)CN1C(=O)COc3ccccc31)CC2. The van der Waals surface area contributed by atoms with Crippen LogP contribution in [0.25, 0.3) is 0 Å². The first-order valence-electron chi connectivity index (χ1n) is 9.60. The molecule has 7 heteroatoms. The summed E-state index contributed by atoms with van der Waals surface area (Å²) in [4.78, 5) is 28.5. The molecule has 0 N–H and O–H groups in total. The molecule has 2 amide bonds. The van der Waals surface area contributed by atoms with Crippen molar-refractivity contribution in [1.82, 2.24) is 4.90 Å². The van der Waals surface area contributed by atoms with Crippen LogP contribution in [0.1, 0.15) is 25.7 Å². The average Bonchev–Trinajstić information content (AvgIpc) is 2.71. The number of methoxy groups -OCH3 is 1. The third-order valence-corrected chi connectivity index (χ3v) is 5.94. The summed E-state index contributed by atoms with van der Waals surface area (Å²) in [6, 6.07) is 7.32. The van der Waals surface area contributed by atoms with E-state index < -0.39 is 0 Å². The first kappa shape index (κ1) is 18.3. The van der Waals surface area contributed by atoms with Crippen LogP contribution in [0.5, 0.6) is 5.75 Å². The van der Waals surface area contributed by atoms with Crippen molar-refractivity contribution < 1.29 is 23.8 Å². The molecule has 2 fully saturated rings. The summed E-state index contributed by atoms with van der Waals surface area (Å²) < 4.78 is 17.2. The number of carbonyl (C=O) groups is 2. The molecule has 7 nitrogen and oxygen atoms in total. The maximum absolute atomic E-state index is 12.9. The van der Waals surface area contributed by atoms with E-state index in [0.717, 1.165) is 32.3 Å². The van der Waals surface area contributed by atoms with Crippen LogP contribution >= 0.6 is 0 Å². The number of carbonyl (C=O) groups excluding carboxylic acids is 2.